The van der Waals surface area contributed by atoms with Gasteiger partial charge in [0.05, 0.1) is 66.1 Å². The average Bonchev–Trinajstić information content (AvgIpc) is 2.68. The molecule has 6 nitrogen and oxygen atoms in total. The Labute approximate surface area is 167 Å². The molecule has 6 heteroatoms. The van der Waals surface area contributed by atoms with Crippen molar-refractivity contribution < 1.29 is 28.4 Å². The van der Waals surface area contributed by atoms with Crippen molar-refractivity contribution in [1.82, 2.24) is 0 Å². The van der Waals surface area contributed by atoms with Gasteiger partial charge in [0.2, 0.25) is 0 Å². The van der Waals surface area contributed by atoms with Crippen LogP contribution in [-0.4, -0.2) is 79.3 Å². The number of ether oxygens (including phenoxy) is 6. The molecule has 0 aromatic carbocycles. The van der Waals surface area contributed by atoms with E-state index in [-0.39, 0.29) is 0 Å². The normalized spacial score (nSPS) is 11.3. The zero-order valence-electron chi connectivity index (χ0n) is 17.9. The van der Waals surface area contributed by atoms with Crippen molar-refractivity contribution in [3.8, 4) is 0 Å². The van der Waals surface area contributed by atoms with Crippen molar-refractivity contribution in [2.45, 2.75) is 58.8 Å². The van der Waals surface area contributed by atoms with Crippen LogP contribution < -0.4 is 0 Å². The first-order valence-corrected chi connectivity index (χ1v) is 10.9. The van der Waals surface area contributed by atoms with Gasteiger partial charge in [-0.15, -0.1) is 0 Å². The van der Waals surface area contributed by atoms with E-state index in [1.807, 2.05) is 0 Å². The van der Waals surface area contributed by atoms with E-state index in [4.69, 9.17) is 28.4 Å². The van der Waals surface area contributed by atoms with E-state index in [0.717, 1.165) is 26.1 Å². The van der Waals surface area contributed by atoms with Crippen LogP contribution in [0.25, 0.3) is 0 Å². The number of hydrogen-bond donors (Lipinski definition) is 0. The third-order valence-electron chi connectivity index (χ3n) is 3.89. The highest BCUT2D eigenvalue weighted by molar-refractivity contribution is 4.40. The molecule has 0 radical (unpaired) electrons. The zero-order valence-corrected chi connectivity index (χ0v) is 17.9. The number of hydrogen-bond acceptors (Lipinski definition) is 6. The van der Waals surface area contributed by atoms with Gasteiger partial charge in [0.1, 0.15) is 0 Å². The van der Waals surface area contributed by atoms with Crippen LogP contribution in [0.3, 0.4) is 0 Å². The maximum Gasteiger partial charge on any atom is 0.0701 e. The fourth-order valence-electron chi connectivity index (χ4n) is 2.29. The molecule has 0 aliphatic rings. The third kappa shape index (κ3) is 25.8. The molecule has 0 aliphatic carbocycles. The lowest BCUT2D eigenvalue weighted by molar-refractivity contribution is -0.0169. The van der Waals surface area contributed by atoms with Crippen LogP contribution in [0.4, 0.5) is 0 Å². The molecule has 0 fully saturated rings. The first-order valence-electron chi connectivity index (χ1n) is 10.9. The van der Waals surface area contributed by atoms with Crippen molar-refractivity contribution >= 4 is 0 Å². The highest BCUT2D eigenvalue weighted by Crippen LogP contribution is 1.98. The second-order valence-corrected chi connectivity index (χ2v) is 6.44. The smallest absolute Gasteiger partial charge is 0.0701 e. The lowest BCUT2D eigenvalue weighted by Crippen LogP contribution is -2.14. The summed E-state index contributed by atoms with van der Waals surface area (Å²) < 4.78 is 32.7. The summed E-state index contributed by atoms with van der Waals surface area (Å²) in [4.78, 5) is 0. The Bertz CT molecular complexity index is 229. The Morgan fingerprint density at radius 1 is 0.296 bits per heavy atom. The van der Waals surface area contributed by atoms with E-state index in [1.54, 1.807) is 0 Å². The predicted octanol–water partition coefficient (Wildman–Crippen LogP) is 3.86. The predicted molar refractivity (Wildman–Crippen MR) is 109 cm³/mol. The van der Waals surface area contributed by atoms with Gasteiger partial charge in [0, 0.05) is 13.2 Å². The van der Waals surface area contributed by atoms with E-state index in [2.05, 4.69) is 13.8 Å². The summed E-state index contributed by atoms with van der Waals surface area (Å²) in [6, 6.07) is 0. The maximum atomic E-state index is 5.50. The van der Waals surface area contributed by atoms with Crippen molar-refractivity contribution in [2.24, 2.45) is 0 Å². The van der Waals surface area contributed by atoms with Gasteiger partial charge < -0.3 is 28.4 Å². The Kier molecular flexibility index (Phi) is 25.5. The molecule has 0 bridgehead atoms. The Balaban J connectivity index is 2.95. The van der Waals surface area contributed by atoms with Gasteiger partial charge in [0.25, 0.3) is 0 Å². The molecule has 0 spiro atoms. The van der Waals surface area contributed by atoms with E-state index in [9.17, 15) is 0 Å². The molecule has 0 aliphatic heterocycles. The maximum absolute atomic E-state index is 5.50. The molecule has 27 heavy (non-hydrogen) atoms. The van der Waals surface area contributed by atoms with Gasteiger partial charge in [-0.25, -0.2) is 0 Å². The molecule has 0 saturated carbocycles. The van der Waals surface area contributed by atoms with Crippen molar-refractivity contribution in [3.63, 3.8) is 0 Å². The van der Waals surface area contributed by atoms with E-state index >= 15 is 0 Å². The molecule has 0 amide bonds. The Morgan fingerprint density at radius 3 is 0.889 bits per heavy atom. The topological polar surface area (TPSA) is 55.4 Å². The second kappa shape index (κ2) is 25.8. The fourth-order valence-corrected chi connectivity index (χ4v) is 2.29. The average molecular weight is 393 g/mol. The van der Waals surface area contributed by atoms with Gasteiger partial charge in [-0.05, 0) is 12.8 Å². The van der Waals surface area contributed by atoms with Crippen molar-refractivity contribution in [3.05, 3.63) is 0 Å². The molecule has 0 aromatic heterocycles. The molecule has 0 unspecified atom stereocenters. The lowest BCUT2D eigenvalue weighted by Gasteiger charge is -2.08. The molecule has 0 rings (SSSR count). The van der Waals surface area contributed by atoms with Crippen LogP contribution >= 0.6 is 0 Å². The number of rotatable bonds is 24. The van der Waals surface area contributed by atoms with Crippen LogP contribution in [0.5, 0.6) is 0 Å². The number of unbranched alkanes of at least 4 members (excludes halogenated alkanes) is 5. The van der Waals surface area contributed by atoms with E-state index in [1.165, 1.54) is 32.1 Å². The summed E-state index contributed by atoms with van der Waals surface area (Å²) in [5, 5.41) is 0. The van der Waals surface area contributed by atoms with Crippen LogP contribution in [0.1, 0.15) is 58.8 Å². The zero-order chi connectivity index (χ0) is 19.7. The summed E-state index contributed by atoms with van der Waals surface area (Å²) in [6.45, 7) is 12.2. The lowest BCUT2D eigenvalue weighted by atomic mass is 10.2. The molecular formula is C21H44O6. The summed E-state index contributed by atoms with van der Waals surface area (Å²) in [5.74, 6) is 0. The van der Waals surface area contributed by atoms with Gasteiger partial charge >= 0.3 is 0 Å². The minimum Gasteiger partial charge on any atom is -0.379 e. The molecule has 0 saturated heterocycles. The highest BCUT2D eigenvalue weighted by Gasteiger charge is 1.94. The van der Waals surface area contributed by atoms with Gasteiger partial charge in [-0.2, -0.15) is 0 Å². The standard InChI is InChI=1S/C21H44O6/c1-3-5-7-9-11-23-13-15-25-17-19-27-21-20-26-18-16-24-14-12-22-10-8-6-4-2/h3-21H2,1-2H3. The van der Waals surface area contributed by atoms with E-state index in [0.29, 0.717) is 66.1 Å². The fraction of sp³-hybridized carbons (Fsp3) is 1.00. The summed E-state index contributed by atoms with van der Waals surface area (Å²) in [6.07, 6.45) is 8.55. The van der Waals surface area contributed by atoms with E-state index < -0.39 is 0 Å². The first-order chi connectivity index (χ1) is 13.4. The Hall–Kier alpha value is -0.240. The SMILES string of the molecule is CCCCCCOCCOCCOCCOCCOCCOCCCCC. The summed E-state index contributed by atoms with van der Waals surface area (Å²) in [5.41, 5.74) is 0. The van der Waals surface area contributed by atoms with Crippen LogP contribution in [0.15, 0.2) is 0 Å². The van der Waals surface area contributed by atoms with Crippen LogP contribution in [0.2, 0.25) is 0 Å². The summed E-state index contributed by atoms with van der Waals surface area (Å²) >= 11 is 0. The quantitative estimate of drug-likeness (QED) is 0.233. The molecule has 0 heterocycles. The second-order valence-electron chi connectivity index (χ2n) is 6.44. The minimum atomic E-state index is 0.581. The molecule has 0 N–H and O–H groups in total. The van der Waals surface area contributed by atoms with Crippen molar-refractivity contribution in [1.29, 1.82) is 0 Å². The largest absolute Gasteiger partial charge is 0.379 e. The Morgan fingerprint density at radius 2 is 0.556 bits per heavy atom. The summed E-state index contributed by atoms with van der Waals surface area (Å²) in [7, 11) is 0. The molecule has 164 valence electrons. The van der Waals surface area contributed by atoms with Crippen LogP contribution in [-0.2, 0) is 28.4 Å². The highest BCUT2D eigenvalue weighted by atomic mass is 16.6. The molecule has 0 aromatic rings. The van der Waals surface area contributed by atoms with Gasteiger partial charge in [-0.1, -0.05) is 46.0 Å². The van der Waals surface area contributed by atoms with Crippen LogP contribution in [0, 0.1) is 0 Å². The van der Waals surface area contributed by atoms with Gasteiger partial charge in [-0.3, -0.25) is 0 Å². The first kappa shape index (κ1) is 26.8. The minimum absolute atomic E-state index is 0.581. The van der Waals surface area contributed by atoms with Gasteiger partial charge in [0.15, 0.2) is 0 Å². The third-order valence-corrected chi connectivity index (χ3v) is 3.89. The van der Waals surface area contributed by atoms with Crippen molar-refractivity contribution in [2.75, 3.05) is 79.3 Å². The monoisotopic (exact) mass is 392 g/mol. The molecule has 0 atom stereocenters. The molecular weight excluding hydrogens is 348 g/mol.